The van der Waals surface area contributed by atoms with Gasteiger partial charge in [0.05, 0.1) is 42.7 Å². The molecule has 0 saturated carbocycles. The summed E-state index contributed by atoms with van der Waals surface area (Å²) in [4.78, 5) is 4.73. The van der Waals surface area contributed by atoms with E-state index in [1.165, 1.54) is 11.1 Å². The molecule has 7 rings (SSSR count). The molecule has 4 aromatic rings. The van der Waals surface area contributed by atoms with Crippen molar-refractivity contribution in [2.75, 3.05) is 69.8 Å². The summed E-state index contributed by atoms with van der Waals surface area (Å²) < 4.78 is 41.7. The minimum Gasteiger partial charge on any atom is -0.504 e. The monoisotopic (exact) mass is 682 g/mol. The van der Waals surface area contributed by atoms with Crippen LogP contribution in [0, 0.1) is 0 Å². The van der Waals surface area contributed by atoms with E-state index in [0.717, 1.165) is 77.2 Å². The molecule has 0 radical (unpaired) electrons. The Morgan fingerprint density at radius 1 is 0.620 bits per heavy atom. The molecule has 4 aromatic carbocycles. The van der Waals surface area contributed by atoms with E-state index in [1.54, 1.807) is 42.7 Å². The SMILES string of the molecule is COc1cc2c(cc1O)C(Cc1cc(OC)c(OC)cc1Oc1cc3c(cc1OC)-c1c(OC)c(OC)cc4c1C(C3)N(C)CC4)N(C)CC2. The Kier molecular flexibility index (Phi) is 9.09. The fraction of sp³-hybridized carbons (Fsp3) is 0.400. The van der Waals surface area contributed by atoms with Gasteiger partial charge in [0.15, 0.2) is 46.0 Å². The van der Waals surface area contributed by atoms with Gasteiger partial charge in [-0.25, -0.2) is 0 Å². The zero-order chi connectivity index (χ0) is 35.3. The largest absolute Gasteiger partial charge is 0.504 e. The number of hydrogen-bond donors (Lipinski definition) is 1. The number of nitrogens with zero attached hydrogens (tertiary/aromatic N) is 2. The summed E-state index contributed by atoms with van der Waals surface area (Å²) in [5.41, 5.74) is 8.97. The number of rotatable bonds is 10. The fourth-order valence-electron chi connectivity index (χ4n) is 8.06. The van der Waals surface area contributed by atoms with E-state index in [2.05, 4.69) is 42.1 Å². The van der Waals surface area contributed by atoms with Gasteiger partial charge in [-0.1, -0.05) is 0 Å². The number of phenolic OH excluding ortho intramolecular Hbond substituents is 1. The minimum absolute atomic E-state index is 0.0311. The van der Waals surface area contributed by atoms with Crippen LogP contribution in [-0.4, -0.2) is 84.7 Å². The Bertz CT molecular complexity index is 1940. The molecule has 0 fully saturated rings. The number of ether oxygens (including phenoxy) is 7. The highest BCUT2D eigenvalue weighted by atomic mass is 16.5. The van der Waals surface area contributed by atoms with Gasteiger partial charge >= 0.3 is 0 Å². The van der Waals surface area contributed by atoms with Gasteiger partial charge in [0.25, 0.3) is 0 Å². The topological polar surface area (TPSA) is 91.3 Å². The number of likely N-dealkylation sites (N-methyl/N-ethyl adjacent to an activating group) is 2. The van der Waals surface area contributed by atoms with Crippen molar-refractivity contribution in [1.82, 2.24) is 9.80 Å². The maximum Gasteiger partial charge on any atom is 0.169 e. The van der Waals surface area contributed by atoms with Crippen LogP contribution in [0.4, 0.5) is 0 Å². The number of benzene rings is 4. The van der Waals surface area contributed by atoms with Crippen molar-refractivity contribution >= 4 is 0 Å². The molecule has 10 heteroatoms. The van der Waals surface area contributed by atoms with Crippen LogP contribution < -0.4 is 33.2 Å². The average Bonchev–Trinajstić information content (AvgIpc) is 3.13. The molecule has 0 amide bonds. The molecule has 0 spiro atoms. The van der Waals surface area contributed by atoms with Crippen LogP contribution in [0.15, 0.2) is 42.5 Å². The zero-order valence-corrected chi connectivity index (χ0v) is 30.1. The van der Waals surface area contributed by atoms with Crippen molar-refractivity contribution in [3.8, 4) is 62.9 Å². The Morgan fingerprint density at radius 3 is 1.94 bits per heavy atom. The lowest BCUT2D eigenvalue weighted by Gasteiger charge is -2.40. The van der Waals surface area contributed by atoms with Crippen molar-refractivity contribution in [1.29, 1.82) is 0 Å². The van der Waals surface area contributed by atoms with Crippen LogP contribution >= 0.6 is 0 Å². The minimum atomic E-state index is -0.0311. The van der Waals surface area contributed by atoms with E-state index in [4.69, 9.17) is 33.2 Å². The smallest absolute Gasteiger partial charge is 0.169 e. The Labute approximate surface area is 294 Å². The summed E-state index contributed by atoms with van der Waals surface area (Å²) in [7, 11) is 14.2. The third kappa shape index (κ3) is 5.60. The normalized spacial score (nSPS) is 18.0. The number of fused-ring (bicyclic) bond motifs is 3. The third-order valence-electron chi connectivity index (χ3n) is 10.7. The van der Waals surface area contributed by atoms with E-state index in [0.29, 0.717) is 40.9 Å². The first-order valence-corrected chi connectivity index (χ1v) is 16.9. The van der Waals surface area contributed by atoms with E-state index in [1.807, 2.05) is 24.3 Å². The highest BCUT2D eigenvalue weighted by Gasteiger charge is 2.37. The molecule has 2 unspecified atom stereocenters. The van der Waals surface area contributed by atoms with Crippen molar-refractivity contribution in [3.63, 3.8) is 0 Å². The molecule has 50 heavy (non-hydrogen) atoms. The zero-order valence-electron chi connectivity index (χ0n) is 30.1. The second-order valence-electron chi connectivity index (χ2n) is 13.3. The molecule has 1 N–H and O–H groups in total. The third-order valence-corrected chi connectivity index (χ3v) is 10.7. The fourth-order valence-corrected chi connectivity index (χ4v) is 8.06. The molecule has 2 aliphatic heterocycles. The van der Waals surface area contributed by atoms with E-state index < -0.39 is 0 Å². The molecule has 264 valence electrons. The van der Waals surface area contributed by atoms with Gasteiger partial charge in [-0.2, -0.15) is 0 Å². The summed E-state index contributed by atoms with van der Waals surface area (Å²) in [5, 5.41) is 10.7. The molecule has 0 bridgehead atoms. The lowest BCUT2D eigenvalue weighted by Crippen LogP contribution is -2.35. The molecule has 2 atom stereocenters. The quantitative estimate of drug-likeness (QED) is 0.194. The van der Waals surface area contributed by atoms with Crippen molar-refractivity contribution in [2.24, 2.45) is 0 Å². The highest BCUT2D eigenvalue weighted by molar-refractivity contribution is 5.85. The van der Waals surface area contributed by atoms with Crippen molar-refractivity contribution in [2.45, 2.75) is 37.8 Å². The van der Waals surface area contributed by atoms with Crippen molar-refractivity contribution < 1.29 is 38.3 Å². The lowest BCUT2D eigenvalue weighted by atomic mass is 9.76. The Balaban J connectivity index is 1.34. The van der Waals surface area contributed by atoms with Crippen LogP contribution in [0.5, 0.6) is 51.7 Å². The highest BCUT2D eigenvalue weighted by Crippen LogP contribution is 2.54. The maximum absolute atomic E-state index is 10.7. The summed E-state index contributed by atoms with van der Waals surface area (Å²) in [6, 6.07) is 14.1. The van der Waals surface area contributed by atoms with Crippen LogP contribution in [0.3, 0.4) is 0 Å². The summed E-state index contributed by atoms with van der Waals surface area (Å²) in [6.45, 7) is 1.82. The molecule has 0 saturated heterocycles. The first-order valence-electron chi connectivity index (χ1n) is 16.9. The van der Waals surface area contributed by atoms with E-state index in [9.17, 15) is 5.11 Å². The number of phenols is 1. The lowest BCUT2D eigenvalue weighted by molar-refractivity contribution is 0.226. The van der Waals surface area contributed by atoms with Gasteiger partial charge in [0.2, 0.25) is 0 Å². The molecule has 0 aromatic heterocycles. The second kappa shape index (κ2) is 13.5. The van der Waals surface area contributed by atoms with Crippen LogP contribution in [-0.2, 0) is 25.7 Å². The van der Waals surface area contributed by atoms with Crippen LogP contribution in [0.1, 0.15) is 45.5 Å². The summed E-state index contributed by atoms with van der Waals surface area (Å²) in [6.07, 6.45) is 3.21. The number of hydrogen-bond acceptors (Lipinski definition) is 10. The molecule has 2 heterocycles. The first-order chi connectivity index (χ1) is 24.2. The van der Waals surface area contributed by atoms with Gasteiger partial charge < -0.3 is 38.3 Å². The van der Waals surface area contributed by atoms with E-state index in [-0.39, 0.29) is 17.8 Å². The van der Waals surface area contributed by atoms with E-state index >= 15 is 0 Å². The van der Waals surface area contributed by atoms with Crippen LogP contribution in [0.25, 0.3) is 11.1 Å². The predicted molar refractivity (Wildman–Crippen MR) is 191 cm³/mol. The number of methoxy groups -OCH3 is 6. The average molecular weight is 683 g/mol. The van der Waals surface area contributed by atoms with Gasteiger partial charge in [0, 0.05) is 42.4 Å². The second-order valence-corrected chi connectivity index (χ2v) is 13.3. The molecule has 10 nitrogen and oxygen atoms in total. The van der Waals surface area contributed by atoms with Gasteiger partial charge in [0.1, 0.15) is 5.75 Å². The summed E-state index contributed by atoms with van der Waals surface area (Å²) >= 11 is 0. The van der Waals surface area contributed by atoms with Crippen molar-refractivity contribution in [3.05, 3.63) is 75.8 Å². The molecule has 3 aliphatic rings. The Morgan fingerprint density at radius 2 is 1.24 bits per heavy atom. The predicted octanol–water partition coefficient (Wildman–Crippen LogP) is 6.76. The van der Waals surface area contributed by atoms with Crippen LogP contribution in [0.2, 0.25) is 0 Å². The van der Waals surface area contributed by atoms with Gasteiger partial charge in [-0.3, -0.25) is 9.80 Å². The molecular formula is C40H46N2O8. The standard InChI is InChI=1S/C40H46N2O8/c1-41-11-9-22-15-32(44-3)30(43)19-26(22)28(41)14-25-18-33(45-4)35(47-6)21-31(25)50-36-17-24-13-29-38-23(10-12-42(29)2)16-37(48-7)40(49-8)39(38)27(24)20-34(36)46-5/h15-21,28-29,43H,9-14H2,1-8H3. The van der Waals surface area contributed by atoms with Gasteiger partial charge in [-0.05, 0) is 110 Å². The molecule has 1 aliphatic carbocycles. The molecular weight excluding hydrogens is 636 g/mol. The maximum atomic E-state index is 10.7. The number of aromatic hydroxyl groups is 1. The first kappa shape index (κ1) is 33.7. The van der Waals surface area contributed by atoms with Gasteiger partial charge in [-0.15, -0.1) is 0 Å². The summed E-state index contributed by atoms with van der Waals surface area (Å²) in [5.74, 6) is 5.07. The Hall–Kier alpha value is -4.80.